The van der Waals surface area contributed by atoms with Crippen LogP contribution in [-0.4, -0.2) is 25.3 Å². The largest absolute Gasteiger partial charge is 0.493 e. The molecule has 1 aromatic carbocycles. The second-order valence-corrected chi connectivity index (χ2v) is 4.40. The number of carbonyl (C=O) groups excluding carboxylic acids is 2. The van der Waals surface area contributed by atoms with E-state index < -0.39 is 24.5 Å². The Kier molecular flexibility index (Phi) is 7.21. The summed E-state index contributed by atoms with van der Waals surface area (Å²) in [5.41, 5.74) is 0.200. The fraction of sp³-hybridized carbons (Fsp3) is 0.467. The highest BCUT2D eigenvalue weighted by Crippen LogP contribution is 2.17. The summed E-state index contributed by atoms with van der Waals surface area (Å²) in [6.07, 6.45) is 1.66. The van der Waals surface area contributed by atoms with Crippen molar-refractivity contribution in [1.82, 2.24) is 0 Å². The molecule has 0 bridgehead atoms. The minimum absolute atomic E-state index is 0.200. The monoisotopic (exact) mass is 298 g/mol. The predicted molar refractivity (Wildman–Crippen MR) is 73.2 cm³/mol. The SMILES string of the molecule is CCCCOc1ccc(CC(=O)OCOC(C)=O)c(F)c1. The second-order valence-electron chi connectivity index (χ2n) is 4.40. The van der Waals surface area contributed by atoms with Gasteiger partial charge in [-0.15, -0.1) is 0 Å². The Balaban J connectivity index is 2.48. The van der Waals surface area contributed by atoms with E-state index in [0.717, 1.165) is 12.8 Å². The lowest BCUT2D eigenvalue weighted by Crippen LogP contribution is -2.13. The van der Waals surface area contributed by atoms with Crippen molar-refractivity contribution in [3.63, 3.8) is 0 Å². The standard InChI is InChI=1S/C15H19FO5/c1-3-4-7-19-13-6-5-12(14(16)9-13)8-15(18)21-10-20-11(2)17/h5-6,9H,3-4,7-8,10H2,1-2H3. The van der Waals surface area contributed by atoms with Crippen LogP contribution in [0.25, 0.3) is 0 Å². The fourth-order valence-electron chi connectivity index (χ4n) is 1.48. The molecule has 0 amide bonds. The summed E-state index contributed by atoms with van der Waals surface area (Å²) < 4.78 is 28.3. The topological polar surface area (TPSA) is 61.8 Å². The third-order valence-electron chi connectivity index (χ3n) is 2.61. The van der Waals surface area contributed by atoms with Crippen molar-refractivity contribution in [2.75, 3.05) is 13.4 Å². The van der Waals surface area contributed by atoms with Gasteiger partial charge in [0.05, 0.1) is 13.0 Å². The van der Waals surface area contributed by atoms with E-state index in [4.69, 9.17) is 4.74 Å². The molecule has 0 fully saturated rings. The van der Waals surface area contributed by atoms with Gasteiger partial charge in [-0.1, -0.05) is 19.4 Å². The lowest BCUT2D eigenvalue weighted by molar-refractivity contribution is -0.165. The summed E-state index contributed by atoms with van der Waals surface area (Å²) in [6, 6.07) is 4.32. The van der Waals surface area contributed by atoms with Crippen LogP contribution in [0.2, 0.25) is 0 Å². The summed E-state index contributed by atoms with van der Waals surface area (Å²) in [5, 5.41) is 0. The molecule has 0 aliphatic heterocycles. The minimum atomic E-state index is -0.671. The van der Waals surface area contributed by atoms with Crippen molar-refractivity contribution in [3.8, 4) is 5.75 Å². The van der Waals surface area contributed by atoms with Crippen LogP contribution in [-0.2, 0) is 25.5 Å². The van der Waals surface area contributed by atoms with Crippen LogP contribution in [0.15, 0.2) is 18.2 Å². The molecular formula is C15H19FO5. The Bertz CT molecular complexity index is 487. The first kappa shape index (κ1) is 16.9. The molecular weight excluding hydrogens is 279 g/mol. The van der Waals surface area contributed by atoms with Crippen LogP contribution >= 0.6 is 0 Å². The molecule has 0 aromatic heterocycles. The zero-order chi connectivity index (χ0) is 15.7. The van der Waals surface area contributed by atoms with Gasteiger partial charge in [-0.05, 0) is 18.1 Å². The number of unbranched alkanes of at least 4 members (excludes halogenated alkanes) is 1. The molecule has 0 spiro atoms. The van der Waals surface area contributed by atoms with E-state index in [1.54, 1.807) is 6.07 Å². The third-order valence-corrected chi connectivity index (χ3v) is 2.61. The van der Waals surface area contributed by atoms with Gasteiger partial charge in [-0.2, -0.15) is 0 Å². The van der Waals surface area contributed by atoms with Crippen LogP contribution in [0.5, 0.6) is 5.75 Å². The first-order valence-corrected chi connectivity index (χ1v) is 6.73. The van der Waals surface area contributed by atoms with Crippen LogP contribution in [0.3, 0.4) is 0 Å². The number of rotatable bonds is 8. The molecule has 0 saturated carbocycles. The van der Waals surface area contributed by atoms with E-state index in [9.17, 15) is 14.0 Å². The number of hydrogen-bond donors (Lipinski definition) is 0. The number of halogens is 1. The molecule has 0 atom stereocenters. The van der Waals surface area contributed by atoms with Crippen molar-refractivity contribution in [1.29, 1.82) is 0 Å². The van der Waals surface area contributed by atoms with Crippen LogP contribution in [0.1, 0.15) is 32.3 Å². The van der Waals surface area contributed by atoms with Crippen molar-refractivity contribution in [3.05, 3.63) is 29.6 Å². The van der Waals surface area contributed by atoms with Gasteiger partial charge in [-0.3, -0.25) is 9.59 Å². The number of carbonyl (C=O) groups is 2. The summed E-state index contributed by atoms with van der Waals surface area (Å²) >= 11 is 0. The average molecular weight is 298 g/mol. The number of esters is 2. The van der Waals surface area contributed by atoms with Gasteiger partial charge >= 0.3 is 11.9 Å². The molecule has 116 valence electrons. The average Bonchev–Trinajstić information content (AvgIpc) is 2.41. The Labute approximate surface area is 123 Å². The fourth-order valence-corrected chi connectivity index (χ4v) is 1.48. The maximum Gasteiger partial charge on any atom is 0.313 e. The molecule has 1 rings (SSSR count). The lowest BCUT2D eigenvalue weighted by atomic mass is 10.1. The number of ether oxygens (including phenoxy) is 3. The molecule has 1 aromatic rings. The van der Waals surface area contributed by atoms with E-state index in [2.05, 4.69) is 9.47 Å². The molecule has 0 saturated heterocycles. The van der Waals surface area contributed by atoms with E-state index in [0.29, 0.717) is 12.4 Å². The van der Waals surface area contributed by atoms with Crippen molar-refractivity contribution >= 4 is 11.9 Å². The Morgan fingerprint density at radius 3 is 2.62 bits per heavy atom. The molecule has 5 nitrogen and oxygen atoms in total. The lowest BCUT2D eigenvalue weighted by Gasteiger charge is -2.08. The van der Waals surface area contributed by atoms with Crippen LogP contribution in [0.4, 0.5) is 4.39 Å². The van der Waals surface area contributed by atoms with Crippen molar-refractivity contribution in [2.45, 2.75) is 33.1 Å². The smallest absolute Gasteiger partial charge is 0.313 e. The van der Waals surface area contributed by atoms with Gasteiger partial charge in [0.15, 0.2) is 0 Å². The zero-order valence-electron chi connectivity index (χ0n) is 12.2. The van der Waals surface area contributed by atoms with E-state index in [1.807, 2.05) is 6.92 Å². The van der Waals surface area contributed by atoms with Gasteiger partial charge in [0.2, 0.25) is 6.79 Å². The summed E-state index contributed by atoms with van der Waals surface area (Å²) in [4.78, 5) is 21.9. The molecule has 0 aliphatic carbocycles. The van der Waals surface area contributed by atoms with Crippen LogP contribution < -0.4 is 4.74 Å². The highest BCUT2D eigenvalue weighted by molar-refractivity contribution is 5.73. The molecule has 0 heterocycles. The van der Waals surface area contributed by atoms with Gasteiger partial charge < -0.3 is 14.2 Å². The van der Waals surface area contributed by atoms with Gasteiger partial charge in [-0.25, -0.2) is 4.39 Å². The van der Waals surface area contributed by atoms with Gasteiger partial charge in [0.25, 0.3) is 0 Å². The van der Waals surface area contributed by atoms with E-state index >= 15 is 0 Å². The summed E-state index contributed by atoms with van der Waals surface area (Å²) in [7, 11) is 0. The maximum absolute atomic E-state index is 13.8. The maximum atomic E-state index is 13.8. The Morgan fingerprint density at radius 1 is 1.24 bits per heavy atom. The van der Waals surface area contributed by atoms with Crippen LogP contribution in [0, 0.1) is 5.82 Å². The molecule has 0 aliphatic rings. The van der Waals surface area contributed by atoms with E-state index in [-0.39, 0.29) is 12.0 Å². The third kappa shape index (κ3) is 6.74. The normalized spacial score (nSPS) is 10.0. The highest BCUT2D eigenvalue weighted by Gasteiger charge is 2.11. The molecule has 0 N–H and O–H groups in total. The zero-order valence-corrected chi connectivity index (χ0v) is 12.2. The molecule has 0 unspecified atom stereocenters. The molecule has 0 radical (unpaired) electrons. The van der Waals surface area contributed by atoms with Gasteiger partial charge in [0.1, 0.15) is 11.6 Å². The number of hydrogen-bond acceptors (Lipinski definition) is 5. The number of benzene rings is 1. The quantitative estimate of drug-likeness (QED) is 0.419. The van der Waals surface area contributed by atoms with Crippen molar-refractivity contribution < 1.29 is 28.2 Å². The van der Waals surface area contributed by atoms with E-state index in [1.165, 1.54) is 19.1 Å². The first-order valence-electron chi connectivity index (χ1n) is 6.73. The first-order chi connectivity index (χ1) is 10.0. The Morgan fingerprint density at radius 2 is 2.00 bits per heavy atom. The molecule has 21 heavy (non-hydrogen) atoms. The highest BCUT2D eigenvalue weighted by atomic mass is 19.1. The minimum Gasteiger partial charge on any atom is -0.493 e. The van der Waals surface area contributed by atoms with Crippen molar-refractivity contribution in [2.24, 2.45) is 0 Å². The summed E-state index contributed by atoms with van der Waals surface area (Å²) in [5.74, 6) is -1.33. The summed E-state index contributed by atoms with van der Waals surface area (Å²) in [6.45, 7) is 3.30. The Hall–Kier alpha value is -2.11. The predicted octanol–water partition coefficient (Wildman–Crippen LogP) is 2.61. The molecule has 6 heteroatoms. The second kappa shape index (κ2) is 8.94. The van der Waals surface area contributed by atoms with Gasteiger partial charge in [0, 0.05) is 13.0 Å².